The van der Waals surface area contributed by atoms with E-state index in [0.29, 0.717) is 0 Å². The van der Waals surface area contributed by atoms with Gasteiger partial charge in [0.2, 0.25) is 0 Å². The molecule has 1 rings (SSSR count). The number of nitrogen functional groups attached to an aromatic ring is 1. The van der Waals surface area contributed by atoms with Crippen LogP contribution in [0.15, 0.2) is 6.07 Å². The SMILES string of the molecule is CCOC(=O)c1cc(C(F)F)nc(CN)c1N. The number of esters is 1. The van der Waals surface area contributed by atoms with Gasteiger partial charge in [0.05, 0.1) is 23.6 Å². The first-order valence-corrected chi connectivity index (χ1v) is 4.95. The van der Waals surface area contributed by atoms with E-state index in [1.807, 2.05) is 0 Å². The van der Waals surface area contributed by atoms with Gasteiger partial charge in [0.1, 0.15) is 5.69 Å². The highest BCUT2D eigenvalue weighted by atomic mass is 19.3. The summed E-state index contributed by atoms with van der Waals surface area (Å²) < 4.78 is 29.8. The number of nitrogens with zero attached hydrogens (tertiary/aromatic N) is 1. The summed E-state index contributed by atoms with van der Waals surface area (Å²) in [5.74, 6) is -0.760. The Bertz CT molecular complexity index is 424. The highest BCUT2D eigenvalue weighted by molar-refractivity contribution is 5.95. The average molecular weight is 245 g/mol. The second-order valence-electron chi connectivity index (χ2n) is 3.18. The number of aromatic nitrogens is 1. The number of hydrogen-bond acceptors (Lipinski definition) is 5. The standard InChI is InChI=1S/C10H13F2N3O2/c1-2-17-10(16)5-3-6(9(11)12)15-7(4-13)8(5)14/h3,9H,2,4,13-14H2,1H3. The number of anilines is 1. The predicted molar refractivity (Wildman–Crippen MR) is 57.5 cm³/mol. The second kappa shape index (κ2) is 5.53. The zero-order valence-electron chi connectivity index (χ0n) is 9.24. The summed E-state index contributed by atoms with van der Waals surface area (Å²) in [4.78, 5) is 15.1. The molecule has 0 amide bonds. The van der Waals surface area contributed by atoms with E-state index in [2.05, 4.69) is 4.98 Å². The van der Waals surface area contributed by atoms with Gasteiger partial charge in [0.15, 0.2) is 0 Å². The fourth-order valence-electron chi connectivity index (χ4n) is 1.27. The molecule has 7 heteroatoms. The van der Waals surface area contributed by atoms with Gasteiger partial charge in [-0.15, -0.1) is 0 Å². The van der Waals surface area contributed by atoms with Crippen LogP contribution < -0.4 is 11.5 Å². The van der Waals surface area contributed by atoms with E-state index in [4.69, 9.17) is 16.2 Å². The maximum Gasteiger partial charge on any atom is 0.340 e. The minimum Gasteiger partial charge on any atom is -0.462 e. The molecule has 0 radical (unpaired) electrons. The minimum absolute atomic E-state index is 0.0182. The first-order valence-electron chi connectivity index (χ1n) is 4.95. The number of rotatable bonds is 4. The van der Waals surface area contributed by atoms with Gasteiger partial charge in [-0.05, 0) is 13.0 Å². The van der Waals surface area contributed by atoms with Crippen molar-refractivity contribution in [2.24, 2.45) is 5.73 Å². The van der Waals surface area contributed by atoms with E-state index in [9.17, 15) is 13.6 Å². The van der Waals surface area contributed by atoms with Crippen LogP contribution in [0, 0.1) is 0 Å². The first-order chi connectivity index (χ1) is 8.01. The highest BCUT2D eigenvalue weighted by Gasteiger charge is 2.20. The van der Waals surface area contributed by atoms with E-state index in [0.717, 1.165) is 6.07 Å². The van der Waals surface area contributed by atoms with Crippen LogP contribution >= 0.6 is 0 Å². The van der Waals surface area contributed by atoms with Crippen LogP contribution in [-0.2, 0) is 11.3 Å². The quantitative estimate of drug-likeness (QED) is 0.778. The number of hydrogen-bond donors (Lipinski definition) is 2. The Morgan fingerprint density at radius 1 is 1.59 bits per heavy atom. The number of carbonyl (C=O) groups excluding carboxylic acids is 1. The summed E-state index contributed by atoms with van der Waals surface area (Å²) in [5.41, 5.74) is 10.3. The highest BCUT2D eigenvalue weighted by Crippen LogP contribution is 2.24. The van der Waals surface area contributed by atoms with Crippen LogP contribution in [0.4, 0.5) is 14.5 Å². The van der Waals surface area contributed by atoms with Crippen LogP contribution in [0.3, 0.4) is 0 Å². The smallest absolute Gasteiger partial charge is 0.340 e. The monoisotopic (exact) mass is 245 g/mol. The fraction of sp³-hybridized carbons (Fsp3) is 0.400. The summed E-state index contributed by atoms with van der Waals surface area (Å²) in [7, 11) is 0. The lowest BCUT2D eigenvalue weighted by Crippen LogP contribution is -2.14. The third-order valence-electron chi connectivity index (χ3n) is 2.07. The molecule has 0 fully saturated rings. The Labute approximate surface area is 96.8 Å². The second-order valence-corrected chi connectivity index (χ2v) is 3.18. The molecule has 0 aliphatic rings. The number of carbonyl (C=O) groups is 1. The van der Waals surface area contributed by atoms with Gasteiger partial charge in [0, 0.05) is 6.54 Å². The Hall–Kier alpha value is -1.76. The zero-order valence-corrected chi connectivity index (χ0v) is 9.24. The molecule has 1 heterocycles. The van der Waals surface area contributed by atoms with Crippen molar-refractivity contribution in [3.05, 3.63) is 23.0 Å². The minimum atomic E-state index is -2.80. The van der Waals surface area contributed by atoms with Crippen molar-refractivity contribution in [3.8, 4) is 0 Å². The molecule has 0 saturated carbocycles. The van der Waals surface area contributed by atoms with Crippen molar-refractivity contribution in [2.75, 3.05) is 12.3 Å². The number of nitrogens with two attached hydrogens (primary N) is 2. The molecule has 0 aliphatic carbocycles. The Morgan fingerprint density at radius 2 is 2.24 bits per heavy atom. The van der Waals surface area contributed by atoms with Gasteiger partial charge in [-0.1, -0.05) is 0 Å². The van der Waals surface area contributed by atoms with E-state index in [1.54, 1.807) is 6.92 Å². The topological polar surface area (TPSA) is 91.2 Å². The third-order valence-corrected chi connectivity index (χ3v) is 2.07. The molecule has 0 aliphatic heterocycles. The van der Waals surface area contributed by atoms with E-state index >= 15 is 0 Å². The van der Waals surface area contributed by atoms with E-state index in [1.165, 1.54) is 0 Å². The lowest BCUT2D eigenvalue weighted by molar-refractivity contribution is 0.0527. The maximum atomic E-state index is 12.5. The first kappa shape index (κ1) is 13.3. The molecule has 94 valence electrons. The molecular formula is C10H13F2N3O2. The van der Waals surface area contributed by atoms with Crippen LogP contribution in [0.1, 0.15) is 35.1 Å². The Morgan fingerprint density at radius 3 is 2.71 bits per heavy atom. The molecule has 17 heavy (non-hydrogen) atoms. The molecule has 0 unspecified atom stereocenters. The number of alkyl halides is 2. The summed E-state index contributed by atoms with van der Waals surface area (Å²) >= 11 is 0. The van der Waals surface area contributed by atoms with E-state index < -0.39 is 18.1 Å². The van der Waals surface area contributed by atoms with Gasteiger partial charge in [-0.3, -0.25) is 0 Å². The molecule has 0 saturated heterocycles. The van der Waals surface area contributed by atoms with Crippen molar-refractivity contribution in [1.29, 1.82) is 0 Å². The number of halogens is 2. The Balaban J connectivity index is 3.27. The van der Waals surface area contributed by atoms with Gasteiger partial charge >= 0.3 is 5.97 Å². The largest absolute Gasteiger partial charge is 0.462 e. The summed E-state index contributed by atoms with van der Waals surface area (Å²) in [6.07, 6.45) is -2.80. The molecule has 0 atom stereocenters. The van der Waals surface area contributed by atoms with Crippen LogP contribution in [-0.4, -0.2) is 17.6 Å². The van der Waals surface area contributed by atoms with Crippen molar-refractivity contribution >= 4 is 11.7 Å². The predicted octanol–water partition coefficient (Wildman–Crippen LogP) is 1.24. The molecule has 0 bridgehead atoms. The summed E-state index contributed by atoms with van der Waals surface area (Å²) in [6, 6.07) is 0.928. The Kier molecular flexibility index (Phi) is 4.33. The molecular weight excluding hydrogens is 232 g/mol. The van der Waals surface area contributed by atoms with Gasteiger partial charge in [-0.2, -0.15) is 0 Å². The van der Waals surface area contributed by atoms with Crippen molar-refractivity contribution in [2.45, 2.75) is 19.9 Å². The third kappa shape index (κ3) is 2.88. The van der Waals surface area contributed by atoms with Crippen molar-refractivity contribution < 1.29 is 18.3 Å². The molecule has 1 aromatic heterocycles. The van der Waals surface area contributed by atoms with Crippen LogP contribution in [0.2, 0.25) is 0 Å². The number of pyridine rings is 1. The van der Waals surface area contributed by atoms with Crippen molar-refractivity contribution in [3.63, 3.8) is 0 Å². The van der Waals surface area contributed by atoms with E-state index in [-0.39, 0.29) is 30.1 Å². The average Bonchev–Trinajstić information content (AvgIpc) is 2.29. The summed E-state index contributed by atoms with van der Waals surface area (Å²) in [6.45, 7) is 1.61. The van der Waals surface area contributed by atoms with Crippen LogP contribution in [0.25, 0.3) is 0 Å². The molecule has 0 spiro atoms. The normalized spacial score (nSPS) is 10.6. The number of ether oxygens (including phenoxy) is 1. The molecule has 4 N–H and O–H groups in total. The lowest BCUT2D eigenvalue weighted by atomic mass is 10.1. The molecule has 1 aromatic rings. The van der Waals surface area contributed by atoms with Crippen LogP contribution in [0.5, 0.6) is 0 Å². The van der Waals surface area contributed by atoms with Crippen molar-refractivity contribution in [1.82, 2.24) is 4.98 Å². The van der Waals surface area contributed by atoms with Gasteiger partial charge < -0.3 is 16.2 Å². The van der Waals surface area contributed by atoms with Gasteiger partial charge in [0.25, 0.3) is 6.43 Å². The fourth-order valence-corrected chi connectivity index (χ4v) is 1.27. The molecule has 0 aromatic carbocycles. The molecule has 5 nitrogen and oxygen atoms in total. The summed E-state index contributed by atoms with van der Waals surface area (Å²) in [5, 5.41) is 0. The zero-order chi connectivity index (χ0) is 13.0. The van der Waals surface area contributed by atoms with Gasteiger partial charge in [-0.25, -0.2) is 18.6 Å². The maximum absolute atomic E-state index is 12.5. The lowest BCUT2D eigenvalue weighted by Gasteiger charge is -2.11.